The summed E-state index contributed by atoms with van der Waals surface area (Å²) in [4.78, 5) is 2.47. The molecule has 1 heterocycles. The maximum Gasteiger partial charge on any atom is 0.0699 e. The Morgan fingerprint density at radius 3 is 2.47 bits per heavy atom. The molecule has 19 heavy (non-hydrogen) atoms. The lowest BCUT2D eigenvalue weighted by Crippen LogP contribution is -2.58. The molecule has 2 unspecified atom stereocenters. The Kier molecular flexibility index (Phi) is 4.64. The summed E-state index contributed by atoms with van der Waals surface area (Å²) in [5, 5.41) is 0. The molecule has 1 aliphatic heterocycles. The number of likely N-dealkylation sites (tertiary alicyclic amines) is 1. The predicted molar refractivity (Wildman–Crippen MR) is 82.1 cm³/mol. The maximum atomic E-state index is 6.58. The van der Waals surface area contributed by atoms with E-state index in [2.05, 4.69) is 49.9 Å². The van der Waals surface area contributed by atoms with Crippen molar-refractivity contribution in [2.24, 2.45) is 11.7 Å². The summed E-state index contributed by atoms with van der Waals surface area (Å²) in [5.74, 6) is 0.777. The Labute approximate surface area is 118 Å². The second-order valence-electron chi connectivity index (χ2n) is 6.40. The Hall–Kier alpha value is -0.860. The van der Waals surface area contributed by atoms with Crippen LogP contribution in [0.25, 0.3) is 0 Å². The average Bonchev–Trinajstić information content (AvgIpc) is 2.39. The van der Waals surface area contributed by atoms with E-state index in [9.17, 15) is 0 Å². The van der Waals surface area contributed by atoms with Crippen molar-refractivity contribution in [3.63, 3.8) is 0 Å². The van der Waals surface area contributed by atoms with Crippen molar-refractivity contribution in [1.29, 1.82) is 0 Å². The molecule has 0 spiro atoms. The number of nitrogens with zero attached hydrogens (tertiary/aromatic N) is 1. The van der Waals surface area contributed by atoms with Crippen LogP contribution >= 0.6 is 0 Å². The van der Waals surface area contributed by atoms with Gasteiger partial charge in [-0.05, 0) is 49.8 Å². The van der Waals surface area contributed by atoms with Gasteiger partial charge in [-0.25, -0.2) is 0 Å². The zero-order chi connectivity index (χ0) is 13.9. The number of piperidine rings is 1. The van der Waals surface area contributed by atoms with Gasteiger partial charge in [0.2, 0.25) is 0 Å². The first-order chi connectivity index (χ1) is 9.01. The van der Waals surface area contributed by atoms with Crippen molar-refractivity contribution in [1.82, 2.24) is 4.90 Å². The maximum absolute atomic E-state index is 6.58. The van der Waals surface area contributed by atoms with E-state index in [-0.39, 0.29) is 5.66 Å². The molecule has 2 heteroatoms. The van der Waals surface area contributed by atoms with E-state index in [0.29, 0.717) is 0 Å². The normalized spacial score (nSPS) is 24.1. The minimum atomic E-state index is -0.220. The number of hydrogen-bond acceptors (Lipinski definition) is 2. The van der Waals surface area contributed by atoms with Crippen LogP contribution in [-0.4, -0.2) is 23.7 Å². The van der Waals surface area contributed by atoms with Crippen molar-refractivity contribution in [2.75, 3.05) is 13.1 Å². The van der Waals surface area contributed by atoms with Gasteiger partial charge in [0.05, 0.1) is 5.66 Å². The molecule has 0 aromatic heterocycles. The molecule has 0 bridgehead atoms. The number of nitrogens with two attached hydrogens (primary N) is 1. The monoisotopic (exact) mass is 260 g/mol. The number of hydrogen-bond donors (Lipinski definition) is 1. The van der Waals surface area contributed by atoms with Crippen LogP contribution in [-0.2, 0) is 12.8 Å². The van der Waals surface area contributed by atoms with Crippen LogP contribution in [0.5, 0.6) is 0 Å². The van der Waals surface area contributed by atoms with Crippen molar-refractivity contribution in [3.05, 3.63) is 35.4 Å². The van der Waals surface area contributed by atoms with Gasteiger partial charge in [0.1, 0.15) is 0 Å². The lowest BCUT2D eigenvalue weighted by atomic mass is 9.93. The summed E-state index contributed by atoms with van der Waals surface area (Å²) in [6.07, 6.45) is 4.66. The standard InChI is InChI=1S/C17H28N2/c1-4-15-7-9-16(10-8-15)12-17(3,18)19-11-5-6-14(2)13-19/h7-10,14H,4-6,11-13,18H2,1-3H3. The van der Waals surface area contributed by atoms with Gasteiger partial charge in [-0.15, -0.1) is 0 Å². The molecule has 0 amide bonds. The van der Waals surface area contributed by atoms with Gasteiger partial charge in [0.25, 0.3) is 0 Å². The second kappa shape index (κ2) is 6.06. The fraction of sp³-hybridized carbons (Fsp3) is 0.647. The van der Waals surface area contributed by atoms with Crippen LogP contribution in [0, 0.1) is 5.92 Å². The van der Waals surface area contributed by atoms with Gasteiger partial charge in [-0.3, -0.25) is 4.90 Å². The molecule has 2 atom stereocenters. The predicted octanol–water partition coefficient (Wildman–Crippen LogP) is 3.20. The molecule has 1 aliphatic rings. The third-order valence-electron chi connectivity index (χ3n) is 4.37. The molecule has 0 saturated carbocycles. The van der Waals surface area contributed by atoms with Crippen molar-refractivity contribution in [2.45, 2.75) is 52.1 Å². The van der Waals surface area contributed by atoms with E-state index in [1.807, 2.05) is 0 Å². The molecule has 0 radical (unpaired) electrons. The van der Waals surface area contributed by atoms with Crippen LogP contribution in [0.3, 0.4) is 0 Å². The smallest absolute Gasteiger partial charge is 0.0699 e. The summed E-state index contributed by atoms with van der Waals surface area (Å²) in [7, 11) is 0. The van der Waals surface area contributed by atoms with E-state index >= 15 is 0 Å². The first-order valence-electron chi connectivity index (χ1n) is 7.63. The van der Waals surface area contributed by atoms with Gasteiger partial charge in [-0.1, -0.05) is 38.1 Å². The molecule has 1 aromatic rings. The number of aryl methyl sites for hydroxylation is 1. The van der Waals surface area contributed by atoms with Gasteiger partial charge in [-0.2, -0.15) is 0 Å². The van der Waals surface area contributed by atoms with E-state index in [1.165, 1.54) is 24.0 Å². The topological polar surface area (TPSA) is 29.3 Å². The summed E-state index contributed by atoms with van der Waals surface area (Å²) >= 11 is 0. The molecule has 1 aromatic carbocycles. The van der Waals surface area contributed by atoms with Gasteiger partial charge in [0, 0.05) is 13.0 Å². The molecular formula is C17H28N2. The first-order valence-corrected chi connectivity index (χ1v) is 7.63. The van der Waals surface area contributed by atoms with E-state index in [0.717, 1.165) is 31.8 Å². The van der Waals surface area contributed by atoms with E-state index in [1.54, 1.807) is 0 Å². The lowest BCUT2D eigenvalue weighted by molar-refractivity contribution is 0.0627. The second-order valence-corrected chi connectivity index (χ2v) is 6.40. The minimum absolute atomic E-state index is 0.220. The zero-order valence-electron chi connectivity index (χ0n) is 12.7. The van der Waals surface area contributed by atoms with Gasteiger partial charge < -0.3 is 5.73 Å². The lowest BCUT2D eigenvalue weighted by Gasteiger charge is -2.43. The fourth-order valence-corrected chi connectivity index (χ4v) is 3.07. The molecular weight excluding hydrogens is 232 g/mol. The molecule has 1 saturated heterocycles. The summed E-state index contributed by atoms with van der Waals surface area (Å²) in [6, 6.07) is 8.92. The quantitative estimate of drug-likeness (QED) is 0.901. The highest BCUT2D eigenvalue weighted by Gasteiger charge is 2.30. The summed E-state index contributed by atoms with van der Waals surface area (Å²) in [6.45, 7) is 8.98. The largest absolute Gasteiger partial charge is 0.313 e. The molecule has 2 rings (SSSR count). The Morgan fingerprint density at radius 1 is 1.26 bits per heavy atom. The minimum Gasteiger partial charge on any atom is -0.313 e. The Balaban J connectivity index is 2.02. The van der Waals surface area contributed by atoms with Crippen LogP contribution in [0.1, 0.15) is 44.7 Å². The van der Waals surface area contributed by atoms with E-state index < -0.39 is 0 Å². The summed E-state index contributed by atoms with van der Waals surface area (Å²) in [5.41, 5.74) is 9.11. The third kappa shape index (κ3) is 3.80. The highest BCUT2D eigenvalue weighted by atomic mass is 15.3. The zero-order valence-corrected chi connectivity index (χ0v) is 12.7. The van der Waals surface area contributed by atoms with Crippen molar-refractivity contribution < 1.29 is 0 Å². The van der Waals surface area contributed by atoms with Crippen LogP contribution in [0.2, 0.25) is 0 Å². The molecule has 1 fully saturated rings. The molecule has 0 aliphatic carbocycles. The van der Waals surface area contributed by atoms with E-state index in [4.69, 9.17) is 5.73 Å². The SMILES string of the molecule is CCc1ccc(CC(C)(N)N2CCCC(C)C2)cc1. The van der Waals surface area contributed by atoms with Crippen molar-refractivity contribution in [3.8, 4) is 0 Å². The van der Waals surface area contributed by atoms with Crippen LogP contribution in [0.15, 0.2) is 24.3 Å². The Morgan fingerprint density at radius 2 is 1.89 bits per heavy atom. The average molecular weight is 260 g/mol. The van der Waals surface area contributed by atoms with Crippen molar-refractivity contribution >= 4 is 0 Å². The molecule has 106 valence electrons. The fourth-order valence-electron chi connectivity index (χ4n) is 3.07. The number of rotatable bonds is 4. The van der Waals surface area contributed by atoms with Crippen LogP contribution in [0.4, 0.5) is 0 Å². The molecule has 2 nitrogen and oxygen atoms in total. The molecule has 2 N–H and O–H groups in total. The number of benzene rings is 1. The Bertz CT molecular complexity index is 394. The van der Waals surface area contributed by atoms with Gasteiger partial charge >= 0.3 is 0 Å². The third-order valence-corrected chi connectivity index (χ3v) is 4.37. The van der Waals surface area contributed by atoms with Gasteiger partial charge in [0.15, 0.2) is 0 Å². The first kappa shape index (κ1) is 14.5. The summed E-state index contributed by atoms with van der Waals surface area (Å²) < 4.78 is 0. The van der Waals surface area contributed by atoms with Crippen LogP contribution < -0.4 is 5.73 Å². The highest BCUT2D eigenvalue weighted by Crippen LogP contribution is 2.23. The highest BCUT2D eigenvalue weighted by molar-refractivity contribution is 5.23.